The molecule has 0 spiro atoms. The van der Waals surface area contributed by atoms with E-state index in [0.717, 1.165) is 11.1 Å². The van der Waals surface area contributed by atoms with E-state index < -0.39 is 11.8 Å². The molecule has 26 heavy (non-hydrogen) atoms. The average Bonchev–Trinajstić information content (AvgIpc) is 2.64. The third-order valence-electron chi connectivity index (χ3n) is 3.81. The van der Waals surface area contributed by atoms with Gasteiger partial charge in [-0.1, -0.05) is 24.3 Å². The van der Waals surface area contributed by atoms with Crippen molar-refractivity contribution in [1.82, 2.24) is 10.2 Å². The molecule has 1 N–H and O–H groups in total. The molecule has 132 valence electrons. The molecular weight excluding hydrogens is 463 g/mol. The molecule has 7 heteroatoms. The van der Waals surface area contributed by atoms with Gasteiger partial charge in [-0.25, -0.2) is 0 Å². The van der Waals surface area contributed by atoms with E-state index in [0.29, 0.717) is 12.4 Å². The summed E-state index contributed by atoms with van der Waals surface area (Å²) in [5.41, 5.74) is 1.86. The van der Waals surface area contributed by atoms with E-state index in [9.17, 15) is 9.59 Å². The maximum atomic E-state index is 12.2. The second-order valence-electron chi connectivity index (χ2n) is 5.67. The Kier molecular flexibility index (Phi) is 5.67. The first-order valence-electron chi connectivity index (χ1n) is 7.76. The van der Waals surface area contributed by atoms with Crippen LogP contribution in [0.2, 0.25) is 0 Å². The van der Waals surface area contributed by atoms with Gasteiger partial charge in [-0.3, -0.25) is 19.8 Å². The van der Waals surface area contributed by atoms with Crippen LogP contribution in [0.15, 0.2) is 54.1 Å². The molecule has 0 aromatic heterocycles. The van der Waals surface area contributed by atoms with E-state index >= 15 is 0 Å². The Labute approximate surface area is 170 Å². The minimum Gasteiger partial charge on any atom is -0.489 e. The lowest BCUT2D eigenvalue weighted by atomic mass is 10.1. The van der Waals surface area contributed by atoms with Crippen LogP contribution in [0, 0.1) is 3.57 Å². The van der Waals surface area contributed by atoms with E-state index in [2.05, 4.69) is 27.9 Å². The first kappa shape index (κ1) is 18.5. The van der Waals surface area contributed by atoms with Crippen molar-refractivity contribution >= 4 is 57.8 Å². The number of rotatable bonds is 4. The summed E-state index contributed by atoms with van der Waals surface area (Å²) in [5.74, 6) is -0.196. The highest BCUT2D eigenvalue weighted by Gasteiger charge is 2.30. The van der Waals surface area contributed by atoms with Crippen molar-refractivity contribution in [2.45, 2.75) is 6.61 Å². The maximum Gasteiger partial charge on any atom is 0.265 e. The fraction of sp³-hybridized carbons (Fsp3) is 0.105. The molecule has 0 bridgehead atoms. The summed E-state index contributed by atoms with van der Waals surface area (Å²) < 4.78 is 6.93. The molecule has 1 aliphatic rings. The highest BCUT2D eigenvalue weighted by Crippen LogP contribution is 2.18. The van der Waals surface area contributed by atoms with Gasteiger partial charge in [0.1, 0.15) is 17.9 Å². The minimum absolute atomic E-state index is 0.0497. The smallest absolute Gasteiger partial charge is 0.265 e. The standard InChI is InChI=1S/C19H15IN2O3S/c1-22-18(24)16(17(23)21-19(22)26)10-12-4-8-15(9-5-12)25-11-13-2-6-14(20)7-3-13/h2-10H,11H2,1H3,(H,21,23,26)/b16-10+. The average molecular weight is 478 g/mol. The van der Waals surface area contributed by atoms with Gasteiger partial charge in [0.2, 0.25) is 0 Å². The number of amides is 2. The molecule has 2 aromatic rings. The van der Waals surface area contributed by atoms with Gasteiger partial charge in [0.05, 0.1) is 0 Å². The van der Waals surface area contributed by atoms with E-state index in [1.54, 1.807) is 30.3 Å². The molecule has 1 fully saturated rings. The van der Waals surface area contributed by atoms with Gasteiger partial charge in [0.25, 0.3) is 11.8 Å². The number of hydrogen-bond acceptors (Lipinski definition) is 4. The normalized spacial score (nSPS) is 16.0. The Morgan fingerprint density at radius 1 is 1.12 bits per heavy atom. The van der Waals surface area contributed by atoms with E-state index in [1.165, 1.54) is 15.5 Å². The molecule has 0 radical (unpaired) electrons. The summed E-state index contributed by atoms with van der Waals surface area (Å²) in [4.78, 5) is 25.4. The lowest BCUT2D eigenvalue weighted by Crippen LogP contribution is -2.52. The van der Waals surface area contributed by atoms with E-state index in [-0.39, 0.29) is 10.7 Å². The second-order valence-corrected chi connectivity index (χ2v) is 7.30. The number of nitrogens with one attached hydrogen (secondary N) is 1. The third kappa shape index (κ3) is 4.28. The summed E-state index contributed by atoms with van der Waals surface area (Å²) in [7, 11) is 1.53. The Hall–Kier alpha value is -2.26. The van der Waals surface area contributed by atoms with Gasteiger partial charge >= 0.3 is 0 Å². The number of carbonyl (C=O) groups excluding carboxylic acids is 2. The van der Waals surface area contributed by atoms with Crippen molar-refractivity contribution in [1.29, 1.82) is 0 Å². The van der Waals surface area contributed by atoms with Crippen LogP contribution in [0.3, 0.4) is 0 Å². The first-order chi connectivity index (χ1) is 12.4. The minimum atomic E-state index is -0.489. The Bertz CT molecular complexity index is 892. The van der Waals surface area contributed by atoms with Crippen LogP contribution in [0.1, 0.15) is 11.1 Å². The van der Waals surface area contributed by atoms with Gasteiger partial charge in [-0.2, -0.15) is 0 Å². The Morgan fingerprint density at radius 2 is 1.77 bits per heavy atom. The number of hydrogen-bond donors (Lipinski definition) is 1. The van der Waals surface area contributed by atoms with Crippen molar-refractivity contribution < 1.29 is 14.3 Å². The molecule has 1 aliphatic heterocycles. The molecule has 2 aromatic carbocycles. The summed E-state index contributed by atoms with van der Waals surface area (Å²) in [5, 5.41) is 2.60. The number of carbonyl (C=O) groups is 2. The van der Waals surface area contributed by atoms with Crippen LogP contribution >= 0.6 is 34.8 Å². The molecular formula is C19H15IN2O3S. The SMILES string of the molecule is CN1C(=O)/C(=C/c2ccc(OCc3ccc(I)cc3)cc2)C(=O)NC1=S. The fourth-order valence-corrected chi connectivity index (χ4v) is 2.86. The van der Waals surface area contributed by atoms with Crippen LogP contribution in [0.25, 0.3) is 6.08 Å². The molecule has 1 heterocycles. The van der Waals surface area contributed by atoms with Gasteiger partial charge in [-0.15, -0.1) is 0 Å². The number of thiocarbonyl (C=S) groups is 1. The fourth-order valence-electron chi connectivity index (χ4n) is 2.32. The van der Waals surface area contributed by atoms with Crippen molar-refractivity contribution in [3.05, 3.63) is 68.8 Å². The molecule has 0 aliphatic carbocycles. The Balaban J connectivity index is 1.69. The number of halogens is 1. The monoisotopic (exact) mass is 478 g/mol. The van der Waals surface area contributed by atoms with Crippen LogP contribution in [-0.4, -0.2) is 28.9 Å². The first-order valence-corrected chi connectivity index (χ1v) is 9.25. The zero-order valence-corrected chi connectivity index (χ0v) is 16.8. The molecule has 0 saturated carbocycles. The molecule has 0 atom stereocenters. The van der Waals surface area contributed by atoms with Gasteiger partial charge in [-0.05, 0) is 76.3 Å². The van der Waals surface area contributed by atoms with E-state index in [1.807, 2.05) is 24.3 Å². The van der Waals surface area contributed by atoms with Crippen molar-refractivity contribution in [3.8, 4) is 5.75 Å². The molecule has 3 rings (SSSR count). The van der Waals surface area contributed by atoms with E-state index in [4.69, 9.17) is 17.0 Å². The van der Waals surface area contributed by atoms with Crippen LogP contribution in [0.4, 0.5) is 0 Å². The summed E-state index contributed by atoms with van der Waals surface area (Å²) in [6, 6.07) is 15.3. The summed E-state index contributed by atoms with van der Waals surface area (Å²) >= 11 is 7.18. The van der Waals surface area contributed by atoms with Gasteiger partial charge < -0.3 is 4.74 Å². The van der Waals surface area contributed by atoms with Crippen molar-refractivity contribution in [2.24, 2.45) is 0 Å². The molecule has 0 unspecified atom stereocenters. The largest absolute Gasteiger partial charge is 0.489 e. The number of benzene rings is 2. The quantitative estimate of drug-likeness (QED) is 0.318. The van der Waals surface area contributed by atoms with Crippen LogP contribution in [-0.2, 0) is 16.2 Å². The molecule has 2 amide bonds. The van der Waals surface area contributed by atoms with Crippen LogP contribution < -0.4 is 10.1 Å². The van der Waals surface area contributed by atoms with Crippen molar-refractivity contribution in [2.75, 3.05) is 7.05 Å². The molecule has 1 saturated heterocycles. The Morgan fingerprint density at radius 3 is 2.42 bits per heavy atom. The summed E-state index contributed by atoms with van der Waals surface area (Å²) in [6.07, 6.45) is 1.54. The number of nitrogens with zero attached hydrogens (tertiary/aromatic N) is 1. The zero-order chi connectivity index (χ0) is 18.7. The lowest BCUT2D eigenvalue weighted by Gasteiger charge is -2.25. The number of likely N-dealkylation sites (N-methyl/N-ethyl adjacent to an activating group) is 1. The highest BCUT2D eigenvalue weighted by molar-refractivity contribution is 14.1. The van der Waals surface area contributed by atoms with Crippen molar-refractivity contribution in [3.63, 3.8) is 0 Å². The molecule has 5 nitrogen and oxygen atoms in total. The summed E-state index contributed by atoms with van der Waals surface area (Å²) in [6.45, 7) is 0.473. The highest BCUT2D eigenvalue weighted by atomic mass is 127. The second kappa shape index (κ2) is 7.96. The topological polar surface area (TPSA) is 58.6 Å². The van der Waals surface area contributed by atoms with Crippen LogP contribution in [0.5, 0.6) is 5.75 Å². The third-order valence-corrected chi connectivity index (χ3v) is 4.91. The van der Waals surface area contributed by atoms with Gasteiger partial charge in [0.15, 0.2) is 5.11 Å². The predicted molar refractivity (Wildman–Crippen MR) is 111 cm³/mol. The lowest BCUT2D eigenvalue weighted by molar-refractivity contribution is -0.128. The predicted octanol–water partition coefficient (Wildman–Crippen LogP) is 3.13. The maximum absolute atomic E-state index is 12.2. The van der Waals surface area contributed by atoms with Gasteiger partial charge in [0, 0.05) is 10.6 Å². The zero-order valence-electron chi connectivity index (χ0n) is 13.9. The number of ether oxygens (including phenoxy) is 1.